The van der Waals surface area contributed by atoms with Gasteiger partial charge in [0.05, 0.1) is 5.56 Å². The molecule has 0 saturated carbocycles. The molecule has 0 bridgehead atoms. The van der Waals surface area contributed by atoms with Crippen LogP contribution < -0.4 is 5.32 Å². The number of alkyl halides is 3. The average Bonchev–Trinajstić information content (AvgIpc) is 2.16. The Morgan fingerprint density at radius 2 is 2.06 bits per heavy atom. The van der Waals surface area contributed by atoms with Crippen LogP contribution in [0.25, 0.3) is 0 Å². The van der Waals surface area contributed by atoms with Gasteiger partial charge in [0, 0.05) is 12.1 Å². The number of anilines is 1. The maximum Gasteiger partial charge on any atom is 0.416 e. The minimum Gasteiger partial charge on any atom is -0.310 e. The van der Waals surface area contributed by atoms with E-state index in [1.54, 1.807) is 13.8 Å². The van der Waals surface area contributed by atoms with Gasteiger partial charge >= 0.3 is 6.18 Å². The van der Waals surface area contributed by atoms with Gasteiger partial charge in [-0.3, -0.25) is 4.79 Å². The van der Waals surface area contributed by atoms with Gasteiger partial charge in [0.2, 0.25) is 5.91 Å². The Kier molecular flexibility index (Phi) is 3.51. The highest BCUT2D eigenvalue weighted by molar-refractivity contribution is 5.91. The van der Waals surface area contributed by atoms with Crippen LogP contribution in [0.4, 0.5) is 19.0 Å². The number of rotatable bonds is 2. The van der Waals surface area contributed by atoms with Crippen LogP contribution in [0.5, 0.6) is 0 Å². The third-order valence-electron chi connectivity index (χ3n) is 1.86. The van der Waals surface area contributed by atoms with Crippen molar-refractivity contribution in [3.05, 3.63) is 23.9 Å². The van der Waals surface area contributed by atoms with E-state index in [0.29, 0.717) is 0 Å². The van der Waals surface area contributed by atoms with Gasteiger partial charge in [-0.1, -0.05) is 13.8 Å². The van der Waals surface area contributed by atoms with E-state index < -0.39 is 11.7 Å². The van der Waals surface area contributed by atoms with Gasteiger partial charge in [0.15, 0.2) is 0 Å². The van der Waals surface area contributed by atoms with Gasteiger partial charge in [-0.2, -0.15) is 13.2 Å². The molecule has 0 atom stereocenters. The van der Waals surface area contributed by atoms with Crippen molar-refractivity contribution in [1.29, 1.82) is 0 Å². The molecule has 3 nitrogen and oxygen atoms in total. The zero-order valence-corrected chi connectivity index (χ0v) is 8.80. The van der Waals surface area contributed by atoms with Crippen LogP contribution in [0, 0.1) is 5.92 Å². The summed E-state index contributed by atoms with van der Waals surface area (Å²) in [6, 6.07) is 1.66. The lowest BCUT2D eigenvalue weighted by atomic mass is 10.2. The SMILES string of the molecule is CC(C)C(=O)Nc1cc(C(F)(F)F)ccn1. The van der Waals surface area contributed by atoms with E-state index in [0.717, 1.165) is 18.3 Å². The Bertz CT molecular complexity index is 388. The second-order valence-corrected chi connectivity index (χ2v) is 3.57. The topological polar surface area (TPSA) is 42.0 Å². The number of aromatic nitrogens is 1. The standard InChI is InChI=1S/C10H11F3N2O/c1-6(2)9(16)15-8-5-7(3-4-14-8)10(11,12)13/h3-6H,1-2H3,(H,14,15,16). The first-order valence-corrected chi connectivity index (χ1v) is 4.65. The Hall–Kier alpha value is -1.59. The van der Waals surface area contributed by atoms with Gasteiger partial charge in [-0.05, 0) is 12.1 Å². The Balaban J connectivity index is 2.88. The second kappa shape index (κ2) is 4.51. The number of nitrogens with one attached hydrogen (secondary N) is 1. The highest BCUT2D eigenvalue weighted by Crippen LogP contribution is 2.29. The lowest BCUT2D eigenvalue weighted by molar-refractivity contribution is -0.137. The second-order valence-electron chi connectivity index (χ2n) is 3.57. The van der Waals surface area contributed by atoms with E-state index in [2.05, 4.69) is 10.3 Å². The zero-order chi connectivity index (χ0) is 12.3. The predicted octanol–water partition coefficient (Wildman–Crippen LogP) is 2.69. The highest BCUT2D eigenvalue weighted by Gasteiger charge is 2.30. The van der Waals surface area contributed by atoms with Gasteiger partial charge in [-0.15, -0.1) is 0 Å². The minimum atomic E-state index is -4.43. The van der Waals surface area contributed by atoms with Crippen molar-refractivity contribution in [2.24, 2.45) is 5.92 Å². The smallest absolute Gasteiger partial charge is 0.310 e. The van der Waals surface area contributed by atoms with Crippen LogP contribution in [0.3, 0.4) is 0 Å². The maximum absolute atomic E-state index is 12.3. The van der Waals surface area contributed by atoms with Gasteiger partial charge in [0.25, 0.3) is 0 Å². The normalized spacial score (nSPS) is 11.6. The fourth-order valence-corrected chi connectivity index (χ4v) is 0.946. The summed E-state index contributed by atoms with van der Waals surface area (Å²) in [6.45, 7) is 3.28. The maximum atomic E-state index is 12.3. The molecule has 0 spiro atoms. The lowest BCUT2D eigenvalue weighted by Gasteiger charge is -2.10. The number of carbonyl (C=O) groups excluding carboxylic acids is 1. The van der Waals surface area contributed by atoms with Crippen molar-refractivity contribution in [2.75, 3.05) is 5.32 Å². The van der Waals surface area contributed by atoms with Crippen LogP contribution in [-0.4, -0.2) is 10.9 Å². The summed E-state index contributed by atoms with van der Waals surface area (Å²) < 4.78 is 37.0. The Morgan fingerprint density at radius 1 is 1.44 bits per heavy atom. The molecule has 0 unspecified atom stereocenters. The van der Waals surface area contributed by atoms with E-state index in [1.807, 2.05) is 0 Å². The molecule has 0 aliphatic carbocycles. The average molecular weight is 232 g/mol. The number of halogens is 3. The molecule has 16 heavy (non-hydrogen) atoms. The largest absolute Gasteiger partial charge is 0.416 e. The first-order valence-electron chi connectivity index (χ1n) is 4.65. The molecule has 88 valence electrons. The van der Waals surface area contributed by atoms with Crippen LogP contribution in [0.2, 0.25) is 0 Å². The number of nitrogens with zero attached hydrogens (tertiary/aromatic N) is 1. The van der Waals surface area contributed by atoms with Gasteiger partial charge < -0.3 is 5.32 Å². The first kappa shape index (κ1) is 12.5. The molecule has 0 fully saturated rings. The van der Waals surface area contributed by atoms with E-state index in [4.69, 9.17) is 0 Å². The molecular formula is C10H11F3N2O. The quantitative estimate of drug-likeness (QED) is 0.851. The minimum absolute atomic E-state index is 0.0893. The summed E-state index contributed by atoms with van der Waals surface area (Å²) in [6.07, 6.45) is -3.42. The van der Waals surface area contributed by atoms with Crippen molar-refractivity contribution < 1.29 is 18.0 Å². The van der Waals surface area contributed by atoms with Crippen LogP contribution >= 0.6 is 0 Å². The summed E-state index contributed by atoms with van der Waals surface area (Å²) in [5.41, 5.74) is -0.832. The third-order valence-corrected chi connectivity index (χ3v) is 1.86. The lowest BCUT2D eigenvalue weighted by Crippen LogP contribution is -2.19. The summed E-state index contributed by atoms with van der Waals surface area (Å²) in [5, 5.41) is 2.30. The van der Waals surface area contributed by atoms with Crippen molar-refractivity contribution in [3.63, 3.8) is 0 Å². The summed E-state index contributed by atoms with van der Waals surface area (Å²) >= 11 is 0. The molecule has 0 radical (unpaired) electrons. The summed E-state index contributed by atoms with van der Waals surface area (Å²) in [5.74, 6) is -0.767. The molecule has 1 amide bonds. The summed E-state index contributed by atoms with van der Waals surface area (Å²) in [4.78, 5) is 14.9. The molecule has 1 rings (SSSR count). The fourth-order valence-electron chi connectivity index (χ4n) is 0.946. The van der Waals surface area contributed by atoms with Crippen molar-refractivity contribution >= 4 is 11.7 Å². The van der Waals surface area contributed by atoms with Crippen LogP contribution in [0.1, 0.15) is 19.4 Å². The van der Waals surface area contributed by atoms with Crippen LogP contribution in [-0.2, 0) is 11.0 Å². The molecule has 0 saturated heterocycles. The molecular weight excluding hydrogens is 221 g/mol. The predicted molar refractivity (Wildman–Crippen MR) is 52.7 cm³/mol. The van der Waals surface area contributed by atoms with E-state index in [9.17, 15) is 18.0 Å². The zero-order valence-electron chi connectivity index (χ0n) is 8.80. The van der Waals surface area contributed by atoms with E-state index >= 15 is 0 Å². The monoisotopic (exact) mass is 232 g/mol. The number of carbonyl (C=O) groups is 1. The molecule has 6 heteroatoms. The number of amides is 1. The summed E-state index contributed by atoms with van der Waals surface area (Å²) in [7, 11) is 0. The fraction of sp³-hybridized carbons (Fsp3) is 0.400. The van der Waals surface area contributed by atoms with Crippen LogP contribution in [0.15, 0.2) is 18.3 Å². The Morgan fingerprint density at radius 3 is 2.56 bits per heavy atom. The van der Waals surface area contributed by atoms with Crippen molar-refractivity contribution in [1.82, 2.24) is 4.98 Å². The van der Waals surface area contributed by atoms with E-state index in [1.165, 1.54) is 0 Å². The van der Waals surface area contributed by atoms with Gasteiger partial charge in [0.1, 0.15) is 5.82 Å². The van der Waals surface area contributed by atoms with Crippen molar-refractivity contribution in [3.8, 4) is 0 Å². The highest BCUT2D eigenvalue weighted by atomic mass is 19.4. The molecule has 1 heterocycles. The molecule has 0 aromatic carbocycles. The first-order chi connectivity index (χ1) is 7.30. The van der Waals surface area contributed by atoms with E-state index in [-0.39, 0.29) is 17.6 Å². The number of pyridine rings is 1. The molecule has 0 aliphatic rings. The number of hydrogen-bond acceptors (Lipinski definition) is 2. The molecule has 0 aliphatic heterocycles. The third kappa shape index (κ3) is 3.22. The molecule has 1 N–H and O–H groups in total. The van der Waals surface area contributed by atoms with Crippen molar-refractivity contribution in [2.45, 2.75) is 20.0 Å². The Labute approximate surface area is 90.7 Å². The molecule has 1 aromatic heterocycles. The number of hydrogen-bond donors (Lipinski definition) is 1. The molecule has 1 aromatic rings. The van der Waals surface area contributed by atoms with Gasteiger partial charge in [-0.25, -0.2) is 4.98 Å².